The quantitative estimate of drug-likeness (QED) is 0.0230. The summed E-state index contributed by atoms with van der Waals surface area (Å²) in [4.78, 5) is 153. The first-order valence-electron chi connectivity index (χ1n) is 39.5. The third-order valence-corrected chi connectivity index (χ3v) is 22.1. The van der Waals surface area contributed by atoms with Crippen molar-refractivity contribution in [2.45, 2.75) is 252 Å². The molecule has 1 aliphatic carbocycles. The molecule has 2 aromatic carbocycles. The molecule has 0 radical (unpaired) electrons. The van der Waals surface area contributed by atoms with Crippen molar-refractivity contribution in [3.8, 4) is 0 Å². The molecule has 0 unspecified atom stereocenters. The molecule has 10 amide bonds. The molecule has 13 atom stereocenters. The number of carboxylic acids is 1. The van der Waals surface area contributed by atoms with E-state index in [2.05, 4.69) is 42.3 Å². The van der Waals surface area contributed by atoms with Gasteiger partial charge in [-0.25, -0.2) is 9.59 Å². The lowest BCUT2D eigenvalue weighted by Gasteiger charge is -2.41. The molecule has 28 heteroatoms. The number of nitrogens with zero attached hydrogens (tertiary/aromatic N) is 5. The number of ether oxygens (including phenoxy) is 3. The van der Waals surface area contributed by atoms with Crippen LogP contribution in [0, 0.1) is 41.4 Å². The van der Waals surface area contributed by atoms with Gasteiger partial charge in [0.25, 0.3) is 0 Å². The van der Waals surface area contributed by atoms with E-state index < -0.39 is 114 Å². The van der Waals surface area contributed by atoms with Gasteiger partial charge in [-0.3, -0.25) is 53.0 Å². The number of nitrogens with one attached hydrogen (secondary N) is 7. The van der Waals surface area contributed by atoms with Crippen LogP contribution in [0.1, 0.15) is 183 Å². The highest BCUT2D eigenvalue weighted by molar-refractivity contribution is 5.98. The van der Waals surface area contributed by atoms with Gasteiger partial charge in [0, 0.05) is 65.1 Å². The minimum Gasteiger partial charge on any atom is -0.481 e. The Morgan fingerprint density at radius 2 is 1.30 bits per heavy atom. The Kier molecular flexibility index (Phi) is 39.0. The summed E-state index contributed by atoms with van der Waals surface area (Å²) in [5.74, 6) is -6.53. The van der Waals surface area contributed by atoms with Crippen molar-refractivity contribution in [3.63, 3.8) is 0 Å². The van der Waals surface area contributed by atoms with Gasteiger partial charge in [-0.05, 0) is 139 Å². The number of urea groups is 1. The Bertz CT molecular complexity index is 3120. The molecule has 1 saturated carbocycles. The van der Waals surface area contributed by atoms with Crippen molar-refractivity contribution >= 4 is 65.1 Å². The number of carbonyl (C=O) groups is 10. The Morgan fingerprint density at radius 3 is 1.85 bits per heavy atom. The largest absolute Gasteiger partial charge is 0.481 e. The molecule has 0 spiro atoms. The van der Waals surface area contributed by atoms with Crippen LogP contribution >= 0.6 is 0 Å². The summed E-state index contributed by atoms with van der Waals surface area (Å²) in [7, 11) is 10.1. The molecular formula is C80H133N13O15. The van der Waals surface area contributed by atoms with E-state index in [0.29, 0.717) is 29.6 Å². The molecule has 5 rings (SSSR count). The first-order chi connectivity index (χ1) is 51.3. The summed E-state index contributed by atoms with van der Waals surface area (Å²) >= 11 is 0. The van der Waals surface area contributed by atoms with Crippen LogP contribution in [-0.4, -0.2) is 237 Å². The Balaban J connectivity index is 1.26. The van der Waals surface area contributed by atoms with E-state index in [1.54, 1.807) is 43.1 Å². The molecule has 0 bridgehead atoms. The Labute approximate surface area is 642 Å². The van der Waals surface area contributed by atoms with Gasteiger partial charge in [0.05, 0.1) is 55.1 Å². The number of benzene rings is 2. The van der Waals surface area contributed by atoms with Gasteiger partial charge >= 0.3 is 18.1 Å². The zero-order chi connectivity index (χ0) is 79.9. The van der Waals surface area contributed by atoms with Gasteiger partial charge in [0.2, 0.25) is 41.4 Å². The molecule has 608 valence electrons. The van der Waals surface area contributed by atoms with Gasteiger partial charge in [-0.15, -0.1) is 0 Å². The lowest BCUT2D eigenvalue weighted by molar-refractivity contribution is -0.148. The number of primary amides is 1. The highest BCUT2D eigenvalue weighted by Gasteiger charge is 2.47. The van der Waals surface area contributed by atoms with Crippen molar-refractivity contribution in [2.24, 2.45) is 47.2 Å². The van der Waals surface area contributed by atoms with Crippen LogP contribution in [0.15, 0.2) is 54.6 Å². The monoisotopic (exact) mass is 1520 g/mol. The van der Waals surface area contributed by atoms with Crippen LogP contribution in [0.3, 0.4) is 0 Å². The molecule has 2 heterocycles. The first-order valence-corrected chi connectivity index (χ1v) is 39.5. The number of hydroxylamine groups is 1. The summed E-state index contributed by atoms with van der Waals surface area (Å²) in [6.45, 7) is 21.1. The fraction of sp³-hybridized carbons (Fsp3) is 0.725. The molecule has 10 N–H and O–H groups in total. The Hall–Kier alpha value is -7.50. The third kappa shape index (κ3) is 29.1. The molecule has 2 aliphatic heterocycles. The number of aliphatic carboxylic acids is 1. The van der Waals surface area contributed by atoms with Gasteiger partial charge in [0.1, 0.15) is 30.8 Å². The highest BCUT2D eigenvalue weighted by Crippen LogP contribution is 2.33. The number of piperidine rings is 1. The van der Waals surface area contributed by atoms with E-state index in [1.807, 2.05) is 117 Å². The second kappa shape index (κ2) is 46.2. The number of likely N-dealkylation sites (N-methyl/N-ethyl adjacent to an activating group) is 3. The number of amides is 10. The first kappa shape index (κ1) is 91.1. The Morgan fingerprint density at radius 1 is 0.676 bits per heavy atom. The van der Waals surface area contributed by atoms with Crippen LogP contribution in [0.5, 0.6) is 0 Å². The topological polar surface area (TPSA) is 354 Å². The maximum Gasteiger partial charge on any atom is 0.431 e. The number of anilines is 1. The van der Waals surface area contributed by atoms with Crippen molar-refractivity contribution in [3.05, 3.63) is 65.7 Å². The lowest BCUT2D eigenvalue weighted by atomic mass is 9.89. The number of hydrogen-bond acceptors (Lipinski definition) is 17. The fourth-order valence-corrected chi connectivity index (χ4v) is 15.6. The molecule has 28 nitrogen and oxygen atoms in total. The number of rotatable bonds is 41. The molecule has 0 aromatic heterocycles. The van der Waals surface area contributed by atoms with Gasteiger partial charge < -0.3 is 71.7 Å². The van der Waals surface area contributed by atoms with Crippen LogP contribution in [0.4, 0.5) is 15.3 Å². The van der Waals surface area contributed by atoms with E-state index in [4.69, 9.17) is 24.8 Å². The van der Waals surface area contributed by atoms with E-state index in [-0.39, 0.29) is 99.7 Å². The number of carbonyl (C=O) groups excluding carboxylic acids is 9. The van der Waals surface area contributed by atoms with Crippen molar-refractivity contribution in [1.29, 1.82) is 0 Å². The van der Waals surface area contributed by atoms with Crippen molar-refractivity contribution < 1.29 is 72.1 Å². The summed E-state index contributed by atoms with van der Waals surface area (Å²) in [6.07, 6.45) is 11.2. The summed E-state index contributed by atoms with van der Waals surface area (Å²) in [6, 6.07) is 9.72. The zero-order valence-corrected chi connectivity index (χ0v) is 67.5. The molecular weight excluding hydrogens is 1380 g/mol. The van der Waals surface area contributed by atoms with E-state index >= 15 is 4.79 Å². The van der Waals surface area contributed by atoms with Gasteiger partial charge in [0.15, 0.2) is 0 Å². The zero-order valence-electron chi connectivity index (χ0n) is 67.5. The smallest absolute Gasteiger partial charge is 0.431 e. The standard InChI is InChI=1S/C80H133N13O15/c1-17-53(8)71(91(14)77(100)69(51(4)5)87-76(99)70(52(6)7)89(11)12)65(105-15)45-67(95)93-47-61(44-64(93)72(106-16)55(10)73(96)85-63(54(9)78(101)102)43-56-29-24-23-25-30-56)108-88-80(104)107-49-58-34-36-59(37-35-58)83-74(97)62(33-28-40-82-79(81)103)84-75(98)68(50(2)3)86-66(94)48-90(13)46-57-38-41-92(42-39-57)60-31-26-21-19-18-20-22-27-32-60/h23-25,29-30,34-37,50-55,57,60-65,68-72H,17-22,26-28,31-33,38-49H2,1-16H3,(H,83,97)(H,84,98)(H,85,96)(H,86,94)(H,87,99)(H,88,104)(H,101,102)(H3,81,82,103)/t53-,54-,55+,61+,62+,63-,64-,65+,68+,69-,70-,71-,72+/m0/s1. The van der Waals surface area contributed by atoms with Crippen LogP contribution in [0.2, 0.25) is 0 Å². The molecule has 2 aromatic rings. The molecule has 3 fully saturated rings. The molecule has 2 saturated heterocycles. The fourth-order valence-electron chi connectivity index (χ4n) is 15.6. The van der Waals surface area contributed by atoms with Crippen molar-refractivity contribution in [2.75, 3.05) is 87.0 Å². The second-order valence-electron chi connectivity index (χ2n) is 31.7. The average Bonchev–Trinajstić information content (AvgIpc) is 1.58. The second-order valence-corrected chi connectivity index (χ2v) is 31.7. The minimum atomic E-state index is -1.10. The van der Waals surface area contributed by atoms with Crippen LogP contribution < -0.4 is 43.1 Å². The van der Waals surface area contributed by atoms with E-state index in [0.717, 1.165) is 38.0 Å². The van der Waals surface area contributed by atoms with Crippen molar-refractivity contribution in [1.82, 2.24) is 56.6 Å². The van der Waals surface area contributed by atoms with E-state index in [1.165, 1.54) is 83.8 Å². The highest BCUT2D eigenvalue weighted by atomic mass is 16.7. The maximum absolute atomic E-state index is 15.2. The minimum absolute atomic E-state index is 0.0422. The summed E-state index contributed by atoms with van der Waals surface area (Å²) in [5, 5.41) is 27.3. The van der Waals surface area contributed by atoms with Crippen LogP contribution in [-0.2, 0) is 70.4 Å². The number of likely N-dealkylation sites (tertiary alicyclic amines) is 2. The third-order valence-electron chi connectivity index (χ3n) is 22.1. The number of carboxylic acid groups (broad SMARTS) is 1. The average molecular weight is 1520 g/mol. The van der Waals surface area contributed by atoms with Crippen LogP contribution in [0.25, 0.3) is 0 Å². The van der Waals surface area contributed by atoms with Gasteiger partial charge in [-0.2, -0.15) is 5.48 Å². The summed E-state index contributed by atoms with van der Waals surface area (Å²) in [5.41, 5.74) is 9.37. The number of hydrogen-bond donors (Lipinski definition) is 9. The number of methoxy groups -OCH3 is 2. The lowest BCUT2D eigenvalue weighted by Crippen LogP contribution is -2.59. The maximum atomic E-state index is 15.2. The SMILES string of the molecule is CC[C@H](C)[C@@H]([C@@H](CC(=O)N1C[C@H](ONC(=O)OCc2ccc(NC(=O)[C@@H](CCCNC(N)=O)NC(=O)[C@H](NC(=O)CN(C)CC3CCN(C4CCCCCCCCC4)CC3)C(C)C)cc2)C[C@H]1[C@H](OC)[C@@H](C)C(=O)N[C@@H](Cc1ccccc1)[C@H](C)C(=O)O)OC)N(C)C(=O)[C@@H](NC(=O)[C@H](C(C)C)N(C)C)C(C)C. The van der Waals surface area contributed by atoms with E-state index in [9.17, 15) is 48.3 Å². The predicted molar refractivity (Wildman–Crippen MR) is 415 cm³/mol. The predicted octanol–water partition coefficient (Wildman–Crippen LogP) is 7.47. The molecule has 3 aliphatic rings. The number of nitrogens with two attached hydrogens (primary N) is 1. The van der Waals surface area contributed by atoms with Gasteiger partial charge in [-0.1, -0.05) is 156 Å². The normalized spacial score (nSPS) is 19.5. The molecule has 108 heavy (non-hydrogen) atoms. The summed E-state index contributed by atoms with van der Waals surface area (Å²) < 4.78 is 17.9.